The highest BCUT2D eigenvalue weighted by Gasteiger charge is 2.22. The lowest BCUT2D eigenvalue weighted by molar-refractivity contribution is 0.0164. The van der Waals surface area contributed by atoms with E-state index in [0.717, 1.165) is 11.6 Å². The minimum Gasteiger partial charge on any atom is -0.445 e. The molecule has 26 heavy (non-hydrogen) atoms. The molecule has 2 rings (SSSR count). The first-order valence-corrected chi connectivity index (χ1v) is 7.97. The number of ether oxygens (including phenoxy) is 1. The van der Waals surface area contributed by atoms with Gasteiger partial charge < -0.3 is 20.3 Å². The van der Waals surface area contributed by atoms with Crippen molar-refractivity contribution in [3.8, 4) is 6.07 Å². The molecule has 2 aromatic rings. The fraction of sp³-hybridized carbons (Fsp3) is 0.263. The minimum atomic E-state index is -1.55. The van der Waals surface area contributed by atoms with Crippen molar-refractivity contribution >= 4 is 6.09 Å². The molecule has 0 saturated heterocycles. The molecule has 0 saturated carbocycles. The van der Waals surface area contributed by atoms with Crippen LogP contribution in [0.1, 0.15) is 22.8 Å². The third-order valence-corrected chi connectivity index (χ3v) is 3.69. The molecule has 6 nitrogen and oxygen atoms in total. The summed E-state index contributed by atoms with van der Waals surface area (Å²) in [5.41, 5.74) is 1.19. The summed E-state index contributed by atoms with van der Waals surface area (Å²) in [6.07, 6.45) is -3.70. The van der Waals surface area contributed by atoms with Crippen molar-refractivity contribution < 1.29 is 24.1 Å². The van der Waals surface area contributed by atoms with Gasteiger partial charge in [0, 0.05) is 12.1 Å². The molecule has 0 aliphatic rings. The summed E-state index contributed by atoms with van der Waals surface area (Å²) in [6.45, 7) is -0.257. The van der Waals surface area contributed by atoms with Gasteiger partial charge in [0.05, 0.1) is 12.5 Å². The molecule has 0 heterocycles. The first kappa shape index (κ1) is 19.4. The summed E-state index contributed by atoms with van der Waals surface area (Å²) in [4.78, 5) is 11.6. The van der Waals surface area contributed by atoms with Crippen LogP contribution in [0.3, 0.4) is 0 Å². The molecular formula is C19H19FN2O4. The minimum absolute atomic E-state index is 0.0557. The van der Waals surface area contributed by atoms with E-state index in [4.69, 9.17) is 10.00 Å². The third kappa shape index (κ3) is 5.55. The van der Waals surface area contributed by atoms with Gasteiger partial charge >= 0.3 is 6.09 Å². The zero-order valence-electron chi connectivity index (χ0n) is 13.9. The Balaban J connectivity index is 1.87. The topological polar surface area (TPSA) is 103 Å². The number of rotatable bonds is 7. The number of alkyl carbamates (subject to hydrolysis) is 1. The number of halogens is 1. The summed E-state index contributed by atoms with van der Waals surface area (Å²) in [5.74, 6) is -0.704. The lowest BCUT2D eigenvalue weighted by atomic mass is 10.00. The van der Waals surface area contributed by atoms with Gasteiger partial charge in [0.25, 0.3) is 0 Å². The Hall–Kier alpha value is -2.95. The first-order chi connectivity index (χ1) is 12.5. The number of benzene rings is 2. The van der Waals surface area contributed by atoms with Crippen LogP contribution < -0.4 is 5.32 Å². The van der Waals surface area contributed by atoms with Gasteiger partial charge in [-0.1, -0.05) is 36.4 Å². The molecule has 2 atom stereocenters. The number of nitriles is 1. The highest BCUT2D eigenvalue weighted by atomic mass is 19.1. The molecule has 0 aliphatic heterocycles. The quantitative estimate of drug-likeness (QED) is 0.704. The average molecular weight is 358 g/mol. The number of aliphatic hydroxyl groups excluding tert-OH is 2. The van der Waals surface area contributed by atoms with Gasteiger partial charge in [-0.05, 0) is 23.3 Å². The molecule has 0 fully saturated rings. The van der Waals surface area contributed by atoms with Crippen molar-refractivity contribution in [1.29, 1.82) is 5.26 Å². The van der Waals surface area contributed by atoms with Crippen LogP contribution in [0.4, 0.5) is 9.18 Å². The molecular weight excluding hydrogens is 339 g/mol. The van der Waals surface area contributed by atoms with Crippen molar-refractivity contribution in [3.63, 3.8) is 0 Å². The molecule has 0 bridgehead atoms. The van der Waals surface area contributed by atoms with E-state index < -0.39 is 24.1 Å². The van der Waals surface area contributed by atoms with Gasteiger partial charge in [0.1, 0.15) is 24.6 Å². The van der Waals surface area contributed by atoms with Crippen molar-refractivity contribution in [2.75, 3.05) is 6.54 Å². The first-order valence-electron chi connectivity index (χ1n) is 7.97. The number of aliphatic hydroxyl groups is 2. The smallest absolute Gasteiger partial charge is 0.407 e. The maximum Gasteiger partial charge on any atom is 0.407 e. The van der Waals surface area contributed by atoms with Gasteiger partial charge in [-0.15, -0.1) is 0 Å². The van der Waals surface area contributed by atoms with Crippen LogP contribution in [0.15, 0.2) is 48.5 Å². The van der Waals surface area contributed by atoms with E-state index in [2.05, 4.69) is 5.32 Å². The number of hydrogen-bond donors (Lipinski definition) is 3. The number of amides is 1. The summed E-state index contributed by atoms with van der Waals surface area (Å²) >= 11 is 0. The lowest BCUT2D eigenvalue weighted by Gasteiger charge is -2.19. The van der Waals surface area contributed by atoms with E-state index >= 15 is 0 Å². The molecule has 0 spiro atoms. The van der Waals surface area contributed by atoms with Gasteiger partial charge in [0.2, 0.25) is 0 Å². The normalized spacial score (nSPS) is 12.7. The molecule has 136 valence electrons. The predicted molar refractivity (Wildman–Crippen MR) is 91.3 cm³/mol. The Bertz CT molecular complexity index is 777. The molecule has 0 aliphatic carbocycles. The van der Waals surface area contributed by atoms with Crippen molar-refractivity contribution in [1.82, 2.24) is 5.32 Å². The Morgan fingerprint density at radius 2 is 1.92 bits per heavy atom. The van der Waals surface area contributed by atoms with Crippen molar-refractivity contribution in [2.24, 2.45) is 0 Å². The largest absolute Gasteiger partial charge is 0.445 e. The van der Waals surface area contributed by atoms with Crippen LogP contribution in [-0.4, -0.2) is 29.0 Å². The second-order valence-corrected chi connectivity index (χ2v) is 5.65. The zero-order valence-corrected chi connectivity index (χ0v) is 13.9. The van der Waals surface area contributed by atoms with E-state index in [-0.39, 0.29) is 25.1 Å². The SMILES string of the molecule is N#CCc1ccc(F)c(C(O)C(O)CNC(=O)OCc2ccccc2)c1. The van der Waals surface area contributed by atoms with E-state index in [9.17, 15) is 19.4 Å². The Labute approximate surface area is 150 Å². The van der Waals surface area contributed by atoms with E-state index in [1.54, 1.807) is 12.1 Å². The lowest BCUT2D eigenvalue weighted by Crippen LogP contribution is -2.36. The molecule has 2 aromatic carbocycles. The maximum absolute atomic E-state index is 13.9. The fourth-order valence-corrected chi connectivity index (χ4v) is 2.30. The standard InChI is InChI=1S/C19H19FN2O4/c20-16-7-6-13(8-9-21)10-15(16)18(24)17(23)11-22-19(25)26-12-14-4-2-1-3-5-14/h1-7,10,17-18,23-24H,8,11-12H2,(H,22,25). The van der Waals surface area contributed by atoms with E-state index in [1.165, 1.54) is 12.1 Å². The summed E-state index contributed by atoms with van der Waals surface area (Å²) in [5, 5.41) is 31.1. The molecule has 3 N–H and O–H groups in total. The molecule has 2 unspecified atom stereocenters. The maximum atomic E-state index is 13.9. The molecule has 7 heteroatoms. The van der Waals surface area contributed by atoms with Crippen LogP contribution in [0.25, 0.3) is 0 Å². The number of nitrogens with one attached hydrogen (secondary N) is 1. The summed E-state index contributed by atoms with van der Waals surface area (Å²) < 4.78 is 18.8. The summed E-state index contributed by atoms with van der Waals surface area (Å²) in [6, 6.07) is 14.9. The van der Waals surface area contributed by atoms with Crippen LogP contribution >= 0.6 is 0 Å². The zero-order chi connectivity index (χ0) is 18.9. The molecule has 0 aromatic heterocycles. The van der Waals surface area contributed by atoms with E-state index in [0.29, 0.717) is 5.56 Å². The number of nitrogens with zero attached hydrogens (tertiary/aromatic N) is 1. The molecule has 1 amide bonds. The number of hydrogen-bond acceptors (Lipinski definition) is 5. The van der Waals surface area contributed by atoms with Gasteiger partial charge in [0.15, 0.2) is 0 Å². The van der Waals surface area contributed by atoms with Gasteiger partial charge in [-0.3, -0.25) is 0 Å². The van der Waals surface area contributed by atoms with Crippen molar-refractivity contribution in [3.05, 3.63) is 71.0 Å². The second-order valence-electron chi connectivity index (χ2n) is 5.65. The van der Waals surface area contributed by atoms with Gasteiger partial charge in [-0.2, -0.15) is 5.26 Å². The fourth-order valence-electron chi connectivity index (χ4n) is 2.30. The highest BCUT2D eigenvalue weighted by Crippen LogP contribution is 2.22. The number of carbonyl (C=O) groups is 1. The van der Waals surface area contributed by atoms with Gasteiger partial charge in [-0.25, -0.2) is 9.18 Å². The monoisotopic (exact) mass is 358 g/mol. The predicted octanol–water partition coefficient (Wildman–Crippen LogP) is 2.21. The van der Waals surface area contributed by atoms with Crippen molar-refractivity contribution in [2.45, 2.75) is 25.2 Å². The van der Waals surface area contributed by atoms with Crippen LogP contribution in [0, 0.1) is 17.1 Å². The van der Waals surface area contributed by atoms with Crippen LogP contribution in [-0.2, 0) is 17.8 Å². The second kappa shape index (κ2) is 9.51. The number of carbonyl (C=O) groups excluding carboxylic acids is 1. The Morgan fingerprint density at radius 1 is 1.19 bits per heavy atom. The average Bonchev–Trinajstić information content (AvgIpc) is 2.66. The summed E-state index contributed by atoms with van der Waals surface area (Å²) in [7, 11) is 0. The Morgan fingerprint density at radius 3 is 2.62 bits per heavy atom. The Kier molecular flexibility index (Phi) is 7.09. The molecule has 0 radical (unpaired) electrons. The van der Waals surface area contributed by atoms with E-state index in [1.807, 2.05) is 24.3 Å². The highest BCUT2D eigenvalue weighted by molar-refractivity contribution is 5.67. The third-order valence-electron chi connectivity index (χ3n) is 3.69. The van der Waals surface area contributed by atoms with Crippen LogP contribution in [0.5, 0.6) is 0 Å². The van der Waals surface area contributed by atoms with Crippen LogP contribution in [0.2, 0.25) is 0 Å².